The monoisotopic (exact) mass is 366 g/mol. The number of carbonyl (C=O) groups is 1. The summed E-state index contributed by atoms with van der Waals surface area (Å²) in [6, 6.07) is 16.6. The summed E-state index contributed by atoms with van der Waals surface area (Å²) >= 11 is 0. The quantitative estimate of drug-likeness (QED) is 0.782. The predicted octanol–water partition coefficient (Wildman–Crippen LogP) is 3.67. The number of hydrogen-bond donors (Lipinski definition) is 0. The van der Waals surface area contributed by atoms with Crippen molar-refractivity contribution in [2.24, 2.45) is 0 Å². The Labute approximate surface area is 162 Å². The Morgan fingerprint density at radius 1 is 1.11 bits per heavy atom. The highest BCUT2D eigenvalue weighted by atomic mass is 16.5. The van der Waals surface area contributed by atoms with Crippen LogP contribution in [0.5, 0.6) is 5.75 Å². The Kier molecular flexibility index (Phi) is 6.51. The van der Waals surface area contributed by atoms with Gasteiger partial charge in [0, 0.05) is 19.1 Å². The zero-order valence-electron chi connectivity index (χ0n) is 16.6. The molecule has 27 heavy (non-hydrogen) atoms. The van der Waals surface area contributed by atoms with Gasteiger partial charge in [-0.15, -0.1) is 0 Å². The average molecular weight is 367 g/mol. The van der Waals surface area contributed by atoms with E-state index in [0.717, 1.165) is 37.2 Å². The van der Waals surface area contributed by atoms with Gasteiger partial charge in [-0.05, 0) is 56.6 Å². The van der Waals surface area contributed by atoms with Crippen molar-refractivity contribution in [2.45, 2.75) is 38.8 Å². The summed E-state index contributed by atoms with van der Waals surface area (Å²) in [6.45, 7) is 4.82. The summed E-state index contributed by atoms with van der Waals surface area (Å²) in [6.07, 6.45) is 2.64. The third-order valence-electron chi connectivity index (χ3n) is 5.35. The van der Waals surface area contributed by atoms with Crippen molar-refractivity contribution in [1.29, 1.82) is 0 Å². The van der Waals surface area contributed by atoms with E-state index in [0.29, 0.717) is 13.0 Å². The summed E-state index contributed by atoms with van der Waals surface area (Å²) in [5.74, 6) is 1.01. The normalized spacial score (nSPS) is 17.5. The maximum absolute atomic E-state index is 13.2. The highest BCUT2D eigenvalue weighted by Gasteiger charge is 2.27. The molecule has 2 aromatic carbocycles. The van der Waals surface area contributed by atoms with E-state index in [4.69, 9.17) is 4.74 Å². The molecule has 0 bridgehead atoms. The van der Waals surface area contributed by atoms with Crippen LogP contribution in [0.4, 0.5) is 0 Å². The number of ether oxygens (including phenoxy) is 1. The molecular formula is C23H30N2O2. The van der Waals surface area contributed by atoms with E-state index in [1.54, 1.807) is 7.11 Å². The van der Waals surface area contributed by atoms with Crippen molar-refractivity contribution in [3.05, 3.63) is 65.2 Å². The number of aryl methyl sites for hydroxylation is 1. The number of benzene rings is 2. The average Bonchev–Trinajstić information content (AvgIpc) is 2.68. The first-order valence-electron chi connectivity index (χ1n) is 9.71. The molecule has 3 rings (SSSR count). The van der Waals surface area contributed by atoms with E-state index in [1.165, 1.54) is 11.1 Å². The highest BCUT2D eigenvalue weighted by molar-refractivity contribution is 5.79. The fraction of sp³-hybridized carbons (Fsp3) is 0.435. The molecule has 0 aromatic heterocycles. The van der Waals surface area contributed by atoms with Gasteiger partial charge in [0.15, 0.2) is 0 Å². The summed E-state index contributed by atoms with van der Waals surface area (Å²) in [5.41, 5.74) is 3.46. The number of likely N-dealkylation sites (tertiary alicyclic amines) is 1. The highest BCUT2D eigenvalue weighted by Crippen LogP contribution is 2.20. The van der Waals surface area contributed by atoms with Gasteiger partial charge in [0.1, 0.15) is 5.75 Å². The van der Waals surface area contributed by atoms with Crippen molar-refractivity contribution in [3.8, 4) is 5.75 Å². The maximum Gasteiger partial charge on any atom is 0.227 e. The minimum atomic E-state index is 0.195. The van der Waals surface area contributed by atoms with Crippen LogP contribution in [-0.4, -0.2) is 49.0 Å². The van der Waals surface area contributed by atoms with Crippen LogP contribution in [0.25, 0.3) is 0 Å². The first-order valence-corrected chi connectivity index (χ1v) is 9.71. The first-order chi connectivity index (χ1) is 13.0. The molecule has 1 fully saturated rings. The number of nitrogens with zero attached hydrogens (tertiary/aromatic N) is 2. The largest absolute Gasteiger partial charge is 0.497 e. The SMILES string of the molecule is COc1ccc(CC(=O)N(Cc2ccc(C)cc2)[C@H]2CCCN(C)C2)cc1. The van der Waals surface area contributed by atoms with Crippen molar-refractivity contribution in [2.75, 3.05) is 27.2 Å². The molecule has 4 heteroatoms. The standard InChI is InChI=1S/C23H30N2O2/c1-18-6-8-20(9-7-18)16-25(21-5-4-14-24(2)17-21)23(26)15-19-10-12-22(27-3)13-11-19/h6-13,21H,4-5,14-17H2,1-3H3/t21-/m0/s1. The summed E-state index contributed by atoms with van der Waals surface area (Å²) in [7, 11) is 3.80. The smallest absolute Gasteiger partial charge is 0.227 e. The molecule has 0 saturated carbocycles. The lowest BCUT2D eigenvalue weighted by Crippen LogP contribution is -2.49. The van der Waals surface area contributed by atoms with E-state index >= 15 is 0 Å². The van der Waals surface area contributed by atoms with Crippen LogP contribution in [0.2, 0.25) is 0 Å². The van der Waals surface area contributed by atoms with Crippen molar-refractivity contribution in [1.82, 2.24) is 9.80 Å². The molecule has 2 aromatic rings. The molecular weight excluding hydrogens is 336 g/mol. The van der Waals surface area contributed by atoms with Gasteiger partial charge in [-0.3, -0.25) is 4.79 Å². The lowest BCUT2D eigenvalue weighted by Gasteiger charge is -2.38. The Morgan fingerprint density at radius 3 is 2.41 bits per heavy atom. The predicted molar refractivity (Wildman–Crippen MR) is 109 cm³/mol. The molecule has 1 saturated heterocycles. The zero-order chi connectivity index (χ0) is 19.2. The number of piperidine rings is 1. The van der Waals surface area contributed by atoms with E-state index in [2.05, 4.69) is 48.0 Å². The lowest BCUT2D eigenvalue weighted by molar-refractivity contribution is -0.134. The number of methoxy groups -OCH3 is 1. The number of rotatable bonds is 6. The second-order valence-electron chi connectivity index (χ2n) is 7.59. The molecule has 1 heterocycles. The summed E-state index contributed by atoms with van der Waals surface area (Å²) in [5, 5.41) is 0. The molecule has 1 amide bonds. The number of carbonyl (C=O) groups excluding carboxylic acids is 1. The first kappa shape index (κ1) is 19.4. The third kappa shape index (κ3) is 5.33. The molecule has 0 spiro atoms. The second kappa shape index (κ2) is 9.05. The van der Waals surface area contributed by atoms with Gasteiger partial charge in [-0.25, -0.2) is 0 Å². The van der Waals surface area contributed by atoms with Crippen LogP contribution in [0.1, 0.15) is 29.5 Å². The molecule has 4 nitrogen and oxygen atoms in total. The molecule has 0 aliphatic carbocycles. The van der Waals surface area contributed by atoms with Crippen LogP contribution in [0.3, 0.4) is 0 Å². The number of hydrogen-bond acceptors (Lipinski definition) is 3. The zero-order valence-corrected chi connectivity index (χ0v) is 16.6. The van der Waals surface area contributed by atoms with Crippen LogP contribution in [-0.2, 0) is 17.8 Å². The van der Waals surface area contributed by atoms with Crippen LogP contribution < -0.4 is 4.74 Å². The number of amides is 1. The fourth-order valence-electron chi connectivity index (χ4n) is 3.72. The minimum Gasteiger partial charge on any atom is -0.497 e. The Hall–Kier alpha value is -2.33. The molecule has 1 atom stereocenters. The van der Waals surface area contributed by atoms with Crippen LogP contribution in [0, 0.1) is 6.92 Å². The third-order valence-corrected chi connectivity index (χ3v) is 5.35. The molecule has 1 aliphatic rings. The van der Waals surface area contributed by atoms with E-state index in [-0.39, 0.29) is 11.9 Å². The van der Waals surface area contributed by atoms with Crippen LogP contribution in [0.15, 0.2) is 48.5 Å². The Balaban J connectivity index is 1.76. The van der Waals surface area contributed by atoms with Gasteiger partial charge in [-0.1, -0.05) is 42.0 Å². The topological polar surface area (TPSA) is 32.8 Å². The fourth-order valence-corrected chi connectivity index (χ4v) is 3.72. The van der Waals surface area contributed by atoms with Gasteiger partial charge < -0.3 is 14.5 Å². The molecule has 0 unspecified atom stereocenters. The minimum absolute atomic E-state index is 0.195. The Morgan fingerprint density at radius 2 is 1.78 bits per heavy atom. The summed E-state index contributed by atoms with van der Waals surface area (Å²) < 4.78 is 5.22. The maximum atomic E-state index is 13.2. The molecule has 0 radical (unpaired) electrons. The number of likely N-dealkylation sites (N-methyl/N-ethyl adjacent to an activating group) is 1. The van der Waals surface area contributed by atoms with Crippen LogP contribution >= 0.6 is 0 Å². The second-order valence-corrected chi connectivity index (χ2v) is 7.59. The summed E-state index contributed by atoms with van der Waals surface area (Å²) in [4.78, 5) is 17.6. The molecule has 144 valence electrons. The van der Waals surface area contributed by atoms with Crippen molar-refractivity contribution >= 4 is 5.91 Å². The molecule has 0 N–H and O–H groups in total. The van der Waals surface area contributed by atoms with Gasteiger partial charge in [0.25, 0.3) is 0 Å². The Bertz CT molecular complexity index is 740. The lowest BCUT2D eigenvalue weighted by atomic mass is 10.0. The van der Waals surface area contributed by atoms with Gasteiger partial charge >= 0.3 is 0 Å². The van der Waals surface area contributed by atoms with Gasteiger partial charge in [0.2, 0.25) is 5.91 Å². The van der Waals surface area contributed by atoms with E-state index in [1.807, 2.05) is 24.3 Å². The van der Waals surface area contributed by atoms with E-state index in [9.17, 15) is 4.79 Å². The van der Waals surface area contributed by atoms with Gasteiger partial charge in [0.05, 0.1) is 13.5 Å². The van der Waals surface area contributed by atoms with Crippen molar-refractivity contribution < 1.29 is 9.53 Å². The van der Waals surface area contributed by atoms with Crippen molar-refractivity contribution in [3.63, 3.8) is 0 Å². The molecule has 1 aliphatic heterocycles. The van der Waals surface area contributed by atoms with Gasteiger partial charge in [-0.2, -0.15) is 0 Å². The van der Waals surface area contributed by atoms with E-state index < -0.39 is 0 Å².